The molecule has 0 amide bonds. The second-order valence-electron chi connectivity index (χ2n) is 5.99. The molecule has 4 rings (SSSR count). The lowest BCUT2D eigenvalue weighted by Gasteiger charge is -2.13. The van der Waals surface area contributed by atoms with Gasteiger partial charge in [-0.25, -0.2) is 27.2 Å². The fourth-order valence-electron chi connectivity index (χ4n) is 2.73. The van der Waals surface area contributed by atoms with Gasteiger partial charge in [0.1, 0.15) is 22.2 Å². The number of aromatic amines is 1. The van der Waals surface area contributed by atoms with Crippen LogP contribution in [0.4, 0.5) is 14.5 Å². The second kappa shape index (κ2) is 7.09. The monoisotopic (exact) mass is 417 g/mol. The van der Waals surface area contributed by atoms with Gasteiger partial charge in [0.2, 0.25) is 5.88 Å². The molecule has 11 heteroatoms. The predicted molar refractivity (Wildman–Crippen MR) is 101 cm³/mol. The van der Waals surface area contributed by atoms with Crippen molar-refractivity contribution in [2.45, 2.75) is 4.90 Å². The van der Waals surface area contributed by atoms with Crippen molar-refractivity contribution in [2.75, 3.05) is 11.8 Å². The number of sulfonamides is 1. The number of ether oxygens (including phenoxy) is 1. The highest BCUT2D eigenvalue weighted by Crippen LogP contribution is 2.31. The summed E-state index contributed by atoms with van der Waals surface area (Å²) in [4.78, 5) is 7.63. The number of anilines is 1. The third kappa shape index (κ3) is 3.59. The van der Waals surface area contributed by atoms with Gasteiger partial charge in [0, 0.05) is 35.0 Å². The fraction of sp³-hybridized carbons (Fsp3) is 0.0556. The zero-order valence-electron chi connectivity index (χ0n) is 14.8. The highest BCUT2D eigenvalue weighted by Gasteiger charge is 2.22. The number of nitrogens with one attached hydrogen (secondary N) is 2. The highest BCUT2D eigenvalue weighted by molar-refractivity contribution is 7.92. The first-order valence-corrected chi connectivity index (χ1v) is 9.67. The average molecular weight is 417 g/mol. The van der Waals surface area contributed by atoms with Crippen LogP contribution >= 0.6 is 0 Å². The molecule has 0 unspecified atom stereocenters. The first-order chi connectivity index (χ1) is 13.9. The zero-order chi connectivity index (χ0) is 20.6. The standard InChI is InChI=1S/C18H13F2N5O3S/c1-28-18-15(25-29(26,27)16-3-2-13(19)6-14(16)20)5-11(8-22-18)10-4-12-9-23-24-17(12)21-7-10/h2-9,25H,1H3,(H,21,23,24). The molecule has 8 nitrogen and oxygen atoms in total. The molecule has 2 N–H and O–H groups in total. The maximum Gasteiger partial charge on any atom is 0.264 e. The van der Waals surface area contributed by atoms with E-state index in [1.807, 2.05) is 0 Å². The third-order valence-corrected chi connectivity index (χ3v) is 5.50. The van der Waals surface area contributed by atoms with Crippen LogP contribution in [0, 0.1) is 11.6 Å². The van der Waals surface area contributed by atoms with Gasteiger partial charge < -0.3 is 4.74 Å². The van der Waals surface area contributed by atoms with E-state index in [0.29, 0.717) is 22.8 Å². The van der Waals surface area contributed by atoms with E-state index in [2.05, 4.69) is 24.9 Å². The van der Waals surface area contributed by atoms with Gasteiger partial charge in [-0.1, -0.05) is 0 Å². The van der Waals surface area contributed by atoms with Crippen molar-refractivity contribution in [1.29, 1.82) is 0 Å². The summed E-state index contributed by atoms with van der Waals surface area (Å²) in [7, 11) is -3.04. The summed E-state index contributed by atoms with van der Waals surface area (Å²) in [6.07, 6.45) is 4.66. The quantitative estimate of drug-likeness (QED) is 0.516. The molecule has 29 heavy (non-hydrogen) atoms. The molecule has 3 aromatic heterocycles. The van der Waals surface area contributed by atoms with Crippen molar-refractivity contribution in [3.63, 3.8) is 0 Å². The maximum atomic E-state index is 14.0. The van der Waals surface area contributed by atoms with E-state index in [1.165, 1.54) is 19.4 Å². The van der Waals surface area contributed by atoms with E-state index >= 15 is 0 Å². The van der Waals surface area contributed by atoms with Gasteiger partial charge in [-0.2, -0.15) is 5.10 Å². The van der Waals surface area contributed by atoms with Crippen molar-refractivity contribution >= 4 is 26.7 Å². The SMILES string of the molecule is COc1ncc(-c2cnc3[nH]ncc3c2)cc1NS(=O)(=O)c1ccc(F)cc1F. The molecule has 1 aromatic carbocycles. The van der Waals surface area contributed by atoms with E-state index in [-0.39, 0.29) is 11.6 Å². The van der Waals surface area contributed by atoms with Gasteiger partial charge in [0.15, 0.2) is 5.65 Å². The summed E-state index contributed by atoms with van der Waals surface area (Å²) >= 11 is 0. The van der Waals surface area contributed by atoms with Gasteiger partial charge in [0.25, 0.3) is 10.0 Å². The van der Waals surface area contributed by atoms with E-state index in [4.69, 9.17) is 4.74 Å². The molecule has 0 aliphatic heterocycles. The van der Waals surface area contributed by atoms with Crippen LogP contribution in [0.1, 0.15) is 0 Å². The number of aromatic nitrogens is 4. The van der Waals surface area contributed by atoms with Crippen molar-refractivity contribution in [2.24, 2.45) is 0 Å². The van der Waals surface area contributed by atoms with Gasteiger partial charge >= 0.3 is 0 Å². The minimum Gasteiger partial charge on any atom is -0.480 e. The summed E-state index contributed by atoms with van der Waals surface area (Å²) in [5.74, 6) is -2.11. The normalized spacial score (nSPS) is 11.6. The minimum absolute atomic E-state index is 0.0129. The molecule has 0 atom stereocenters. The summed E-state index contributed by atoms with van der Waals surface area (Å²) in [5.41, 5.74) is 1.78. The Morgan fingerprint density at radius 3 is 2.55 bits per heavy atom. The van der Waals surface area contributed by atoms with Crippen LogP contribution < -0.4 is 9.46 Å². The molecule has 0 bridgehead atoms. The van der Waals surface area contributed by atoms with Gasteiger partial charge in [0.05, 0.1) is 13.3 Å². The molecule has 0 aliphatic carbocycles. The van der Waals surface area contributed by atoms with Crippen molar-refractivity contribution in [3.8, 4) is 17.0 Å². The third-order valence-electron chi connectivity index (χ3n) is 4.10. The number of fused-ring (bicyclic) bond motifs is 1. The molecule has 148 valence electrons. The Kier molecular flexibility index (Phi) is 4.59. The lowest BCUT2D eigenvalue weighted by Crippen LogP contribution is -2.15. The lowest BCUT2D eigenvalue weighted by molar-refractivity contribution is 0.400. The molecular weight excluding hydrogens is 404 g/mol. The van der Waals surface area contributed by atoms with Gasteiger partial charge in [-0.3, -0.25) is 9.82 Å². The highest BCUT2D eigenvalue weighted by atomic mass is 32.2. The Morgan fingerprint density at radius 2 is 1.79 bits per heavy atom. The first-order valence-electron chi connectivity index (χ1n) is 8.19. The summed E-state index contributed by atoms with van der Waals surface area (Å²) in [6.45, 7) is 0. The van der Waals surface area contributed by atoms with Crippen LogP contribution in [0.25, 0.3) is 22.2 Å². The van der Waals surface area contributed by atoms with Crippen molar-refractivity contribution in [1.82, 2.24) is 20.2 Å². The van der Waals surface area contributed by atoms with E-state index in [0.717, 1.165) is 17.5 Å². The molecule has 0 spiro atoms. The summed E-state index contributed by atoms with van der Waals surface area (Å²) in [5, 5.41) is 7.39. The second-order valence-corrected chi connectivity index (χ2v) is 7.64. The largest absolute Gasteiger partial charge is 0.480 e. The van der Waals surface area contributed by atoms with Crippen LogP contribution in [-0.2, 0) is 10.0 Å². The Hall–Kier alpha value is -3.60. The molecule has 0 saturated carbocycles. The van der Waals surface area contributed by atoms with Crippen LogP contribution in [0.15, 0.2) is 53.8 Å². The van der Waals surface area contributed by atoms with Crippen molar-refractivity contribution < 1.29 is 21.9 Å². The smallest absolute Gasteiger partial charge is 0.264 e. The number of H-pyrrole nitrogens is 1. The molecule has 0 saturated heterocycles. The van der Waals surface area contributed by atoms with Gasteiger partial charge in [-0.05, 0) is 24.3 Å². The number of hydrogen-bond acceptors (Lipinski definition) is 6. The minimum atomic E-state index is -4.36. The van der Waals surface area contributed by atoms with E-state index in [1.54, 1.807) is 18.5 Å². The zero-order valence-corrected chi connectivity index (χ0v) is 15.7. The molecule has 0 radical (unpaired) electrons. The predicted octanol–water partition coefficient (Wildman–Crippen LogP) is 3.11. The fourth-order valence-corrected chi connectivity index (χ4v) is 3.84. The van der Waals surface area contributed by atoms with E-state index in [9.17, 15) is 17.2 Å². The van der Waals surface area contributed by atoms with Crippen LogP contribution in [-0.4, -0.2) is 35.7 Å². The number of halogens is 2. The number of rotatable bonds is 5. The molecule has 0 aliphatic rings. The Morgan fingerprint density at radius 1 is 1.03 bits per heavy atom. The number of hydrogen-bond donors (Lipinski definition) is 2. The first kappa shape index (κ1) is 18.7. The number of benzene rings is 1. The Bertz CT molecular complexity index is 1320. The summed E-state index contributed by atoms with van der Waals surface area (Å²) in [6, 6.07) is 5.47. The van der Waals surface area contributed by atoms with Crippen LogP contribution in [0.3, 0.4) is 0 Å². The Balaban J connectivity index is 1.75. The lowest BCUT2D eigenvalue weighted by atomic mass is 10.1. The van der Waals surface area contributed by atoms with Crippen molar-refractivity contribution in [3.05, 3.63) is 60.6 Å². The number of nitrogens with zero attached hydrogens (tertiary/aromatic N) is 3. The molecule has 3 heterocycles. The Labute approximate surface area is 163 Å². The van der Waals surface area contributed by atoms with Crippen LogP contribution in [0.2, 0.25) is 0 Å². The maximum absolute atomic E-state index is 14.0. The topological polar surface area (TPSA) is 110 Å². The number of methoxy groups -OCH3 is 1. The molecular formula is C18H13F2N5O3S. The average Bonchev–Trinajstić information content (AvgIpc) is 3.15. The van der Waals surface area contributed by atoms with E-state index < -0.39 is 26.6 Å². The van der Waals surface area contributed by atoms with Gasteiger partial charge in [-0.15, -0.1) is 0 Å². The summed E-state index contributed by atoms with van der Waals surface area (Å²) < 4.78 is 59.6. The number of pyridine rings is 2. The van der Waals surface area contributed by atoms with Crippen LogP contribution in [0.5, 0.6) is 5.88 Å². The molecule has 4 aromatic rings. The molecule has 0 fully saturated rings.